The summed E-state index contributed by atoms with van der Waals surface area (Å²) in [5.74, 6) is 0. The summed E-state index contributed by atoms with van der Waals surface area (Å²) in [5, 5.41) is 0. The van der Waals surface area contributed by atoms with Crippen LogP contribution in [0.1, 0.15) is 18.9 Å². The SMILES string of the molecule is CC([Se]c1ccccc1)[C@H]1OCC[C@@H]1OCc1ccccc1. The summed E-state index contributed by atoms with van der Waals surface area (Å²) in [6.07, 6.45) is 1.46. The molecule has 1 aliphatic heterocycles. The Morgan fingerprint density at radius 2 is 1.77 bits per heavy atom. The average Bonchev–Trinajstić information content (AvgIpc) is 3.03. The van der Waals surface area contributed by atoms with Crippen LogP contribution in [0.3, 0.4) is 0 Å². The number of hydrogen-bond acceptors (Lipinski definition) is 2. The van der Waals surface area contributed by atoms with Crippen LogP contribution in [-0.4, -0.2) is 33.8 Å². The predicted octanol–water partition coefficient (Wildman–Crippen LogP) is 3.20. The molecule has 2 nitrogen and oxygen atoms in total. The Hall–Kier alpha value is -1.12. The van der Waals surface area contributed by atoms with Gasteiger partial charge in [0.1, 0.15) is 0 Å². The minimum absolute atomic E-state index is 0.223. The third kappa shape index (κ3) is 4.21. The van der Waals surface area contributed by atoms with E-state index in [1.54, 1.807) is 0 Å². The van der Waals surface area contributed by atoms with Crippen molar-refractivity contribution in [2.45, 2.75) is 37.0 Å². The molecular formula is C19H22O2Se. The number of ether oxygens (including phenoxy) is 2. The topological polar surface area (TPSA) is 18.5 Å². The monoisotopic (exact) mass is 362 g/mol. The fourth-order valence-corrected chi connectivity index (χ4v) is 5.14. The van der Waals surface area contributed by atoms with Gasteiger partial charge in [0.15, 0.2) is 0 Å². The van der Waals surface area contributed by atoms with Gasteiger partial charge >= 0.3 is 139 Å². The van der Waals surface area contributed by atoms with E-state index >= 15 is 0 Å². The maximum absolute atomic E-state index is 6.15. The average molecular weight is 361 g/mol. The Morgan fingerprint density at radius 1 is 1.09 bits per heavy atom. The van der Waals surface area contributed by atoms with E-state index in [0.29, 0.717) is 26.4 Å². The van der Waals surface area contributed by atoms with Crippen LogP contribution < -0.4 is 4.46 Å². The molecule has 0 radical (unpaired) electrons. The van der Waals surface area contributed by atoms with Crippen molar-refractivity contribution in [3.05, 3.63) is 66.2 Å². The number of rotatable bonds is 6. The van der Waals surface area contributed by atoms with Crippen molar-refractivity contribution in [3.8, 4) is 0 Å². The van der Waals surface area contributed by atoms with Gasteiger partial charge in [-0.25, -0.2) is 0 Å². The Morgan fingerprint density at radius 3 is 2.50 bits per heavy atom. The zero-order valence-electron chi connectivity index (χ0n) is 12.9. The van der Waals surface area contributed by atoms with E-state index in [2.05, 4.69) is 61.5 Å². The molecule has 2 aromatic rings. The molecule has 22 heavy (non-hydrogen) atoms. The van der Waals surface area contributed by atoms with Gasteiger partial charge in [0.2, 0.25) is 0 Å². The van der Waals surface area contributed by atoms with Gasteiger partial charge in [-0.2, -0.15) is 0 Å². The normalized spacial score (nSPS) is 22.6. The molecule has 1 saturated heterocycles. The van der Waals surface area contributed by atoms with Crippen molar-refractivity contribution in [1.29, 1.82) is 0 Å². The maximum atomic E-state index is 6.15. The van der Waals surface area contributed by atoms with Gasteiger partial charge in [0.25, 0.3) is 0 Å². The summed E-state index contributed by atoms with van der Waals surface area (Å²) in [6.45, 7) is 3.79. The Kier molecular flexibility index (Phi) is 5.69. The Bertz CT molecular complexity index is 558. The summed E-state index contributed by atoms with van der Waals surface area (Å²) in [5.41, 5.74) is 1.23. The molecule has 1 unspecified atom stereocenters. The van der Waals surface area contributed by atoms with Crippen LogP contribution in [0, 0.1) is 0 Å². The van der Waals surface area contributed by atoms with E-state index in [1.165, 1.54) is 10.0 Å². The van der Waals surface area contributed by atoms with Crippen molar-refractivity contribution in [3.63, 3.8) is 0 Å². The Balaban J connectivity index is 1.55. The molecule has 3 atom stereocenters. The summed E-state index contributed by atoms with van der Waals surface area (Å²) < 4.78 is 13.6. The minimum atomic E-state index is 0.223. The summed E-state index contributed by atoms with van der Waals surface area (Å²) in [7, 11) is 0. The zero-order valence-corrected chi connectivity index (χ0v) is 14.6. The molecule has 1 aliphatic rings. The number of hydrogen-bond donors (Lipinski definition) is 0. The standard InChI is InChI=1S/C19H22O2Se/c1-15(22-17-10-6-3-7-11-17)19-18(12-13-20-19)21-14-16-8-4-2-5-9-16/h2-11,15,18-19H,12-14H2,1H3/t15?,18-,19+/m0/s1. The predicted molar refractivity (Wildman–Crippen MR) is 90.6 cm³/mol. The molecule has 3 rings (SSSR count). The van der Waals surface area contributed by atoms with Gasteiger partial charge in [-0.15, -0.1) is 0 Å². The molecule has 1 heterocycles. The third-order valence-electron chi connectivity index (χ3n) is 3.91. The summed E-state index contributed by atoms with van der Waals surface area (Å²) in [6, 6.07) is 21.1. The van der Waals surface area contributed by atoms with E-state index in [0.717, 1.165) is 13.0 Å². The molecule has 0 spiro atoms. The molecule has 0 saturated carbocycles. The molecule has 116 valence electrons. The van der Waals surface area contributed by atoms with Gasteiger partial charge in [-0.05, 0) is 0 Å². The van der Waals surface area contributed by atoms with Crippen molar-refractivity contribution in [2.75, 3.05) is 6.61 Å². The first-order chi connectivity index (χ1) is 10.8. The zero-order chi connectivity index (χ0) is 15.2. The molecule has 0 aliphatic carbocycles. The van der Waals surface area contributed by atoms with Crippen molar-refractivity contribution in [1.82, 2.24) is 0 Å². The summed E-state index contributed by atoms with van der Waals surface area (Å²) in [4.78, 5) is 0.526. The first-order valence-corrected chi connectivity index (χ1v) is 9.66. The first kappa shape index (κ1) is 15.8. The summed E-state index contributed by atoms with van der Waals surface area (Å²) >= 11 is 0.421. The molecule has 0 bridgehead atoms. The Labute approximate surface area is 139 Å². The van der Waals surface area contributed by atoms with Crippen molar-refractivity contribution in [2.24, 2.45) is 0 Å². The van der Waals surface area contributed by atoms with Crippen LogP contribution in [-0.2, 0) is 16.1 Å². The van der Waals surface area contributed by atoms with E-state index in [9.17, 15) is 0 Å². The van der Waals surface area contributed by atoms with Crippen molar-refractivity contribution >= 4 is 19.4 Å². The van der Waals surface area contributed by atoms with Crippen LogP contribution in [0.4, 0.5) is 0 Å². The molecule has 0 amide bonds. The second-order valence-corrected chi connectivity index (χ2v) is 8.64. The van der Waals surface area contributed by atoms with E-state index < -0.39 is 0 Å². The number of benzene rings is 2. The first-order valence-electron chi connectivity index (χ1n) is 7.82. The fourth-order valence-electron chi connectivity index (χ4n) is 2.77. The second kappa shape index (κ2) is 7.94. The van der Waals surface area contributed by atoms with Gasteiger partial charge in [0.05, 0.1) is 0 Å². The molecular weight excluding hydrogens is 339 g/mol. The third-order valence-corrected chi connectivity index (χ3v) is 6.40. The molecule has 2 aromatic carbocycles. The molecule has 0 N–H and O–H groups in total. The van der Waals surface area contributed by atoms with Gasteiger partial charge in [-0.3, -0.25) is 0 Å². The second-order valence-electron chi connectivity index (χ2n) is 5.60. The van der Waals surface area contributed by atoms with E-state index in [1.807, 2.05) is 6.07 Å². The van der Waals surface area contributed by atoms with Crippen LogP contribution >= 0.6 is 0 Å². The van der Waals surface area contributed by atoms with Gasteiger partial charge in [-0.1, -0.05) is 0 Å². The van der Waals surface area contributed by atoms with Crippen LogP contribution in [0.2, 0.25) is 4.82 Å². The van der Waals surface area contributed by atoms with Crippen LogP contribution in [0.15, 0.2) is 60.7 Å². The molecule has 3 heteroatoms. The van der Waals surface area contributed by atoms with Gasteiger partial charge in [0, 0.05) is 0 Å². The van der Waals surface area contributed by atoms with E-state index in [-0.39, 0.29) is 12.2 Å². The fraction of sp³-hybridized carbons (Fsp3) is 0.368. The van der Waals surface area contributed by atoms with Crippen LogP contribution in [0.5, 0.6) is 0 Å². The molecule has 0 aromatic heterocycles. The van der Waals surface area contributed by atoms with Crippen LogP contribution in [0.25, 0.3) is 0 Å². The van der Waals surface area contributed by atoms with E-state index in [4.69, 9.17) is 9.47 Å². The molecule has 1 fully saturated rings. The quantitative estimate of drug-likeness (QED) is 0.736. The van der Waals surface area contributed by atoms with Gasteiger partial charge < -0.3 is 0 Å². The van der Waals surface area contributed by atoms with Crippen molar-refractivity contribution < 1.29 is 9.47 Å².